The van der Waals surface area contributed by atoms with Gasteiger partial charge in [0.05, 0.1) is 12.8 Å². The van der Waals surface area contributed by atoms with Gasteiger partial charge < -0.3 is 19.0 Å². The maximum absolute atomic E-state index is 10.8. The van der Waals surface area contributed by atoms with Crippen molar-refractivity contribution in [3.8, 4) is 11.5 Å². The minimum Gasteiger partial charge on any atom is -0.493 e. The van der Waals surface area contributed by atoms with E-state index in [0.29, 0.717) is 17.3 Å². The second-order valence-corrected chi connectivity index (χ2v) is 6.42. The molecule has 1 aromatic heterocycles. The highest BCUT2D eigenvalue weighted by Crippen LogP contribution is 2.29. The Kier molecular flexibility index (Phi) is 5.93. The molecule has 0 aliphatic heterocycles. The van der Waals surface area contributed by atoms with Gasteiger partial charge in [0.2, 0.25) is 5.76 Å². The molecular formula is C20H16BrNO5. The fraction of sp³-hybridized carbons (Fsp3) is 0.100. The Morgan fingerprint density at radius 2 is 1.93 bits per heavy atom. The Morgan fingerprint density at radius 1 is 1.15 bits per heavy atom. The number of aliphatic imine (C=N–C) groups is 1. The first kappa shape index (κ1) is 18.7. The number of carbonyl (C=O) groups is 1. The fourth-order valence-electron chi connectivity index (χ4n) is 2.28. The van der Waals surface area contributed by atoms with E-state index < -0.39 is 5.97 Å². The predicted octanol–water partition coefficient (Wildman–Crippen LogP) is 5.08. The maximum Gasteiger partial charge on any atom is 0.371 e. The third kappa shape index (κ3) is 4.98. The highest BCUT2D eigenvalue weighted by Gasteiger charge is 2.11. The predicted molar refractivity (Wildman–Crippen MR) is 104 cm³/mol. The molecule has 0 aliphatic carbocycles. The molecule has 0 atom stereocenters. The van der Waals surface area contributed by atoms with Gasteiger partial charge in [0.1, 0.15) is 12.4 Å². The van der Waals surface area contributed by atoms with Crippen molar-refractivity contribution in [3.63, 3.8) is 0 Å². The Bertz CT molecular complexity index is 963. The van der Waals surface area contributed by atoms with Gasteiger partial charge in [-0.25, -0.2) is 4.79 Å². The van der Waals surface area contributed by atoms with Crippen LogP contribution < -0.4 is 9.47 Å². The number of rotatable bonds is 7. The lowest BCUT2D eigenvalue weighted by molar-refractivity contribution is 0.0658. The van der Waals surface area contributed by atoms with Crippen LogP contribution in [0.2, 0.25) is 0 Å². The molecule has 1 heterocycles. The summed E-state index contributed by atoms with van der Waals surface area (Å²) in [7, 11) is 1.55. The number of aromatic carboxylic acids is 1. The van der Waals surface area contributed by atoms with Crippen molar-refractivity contribution in [2.45, 2.75) is 6.61 Å². The zero-order chi connectivity index (χ0) is 19.2. The maximum atomic E-state index is 10.8. The summed E-state index contributed by atoms with van der Waals surface area (Å²) in [6.45, 7) is 0.0932. The van der Waals surface area contributed by atoms with Gasteiger partial charge in [0.25, 0.3) is 0 Å². The van der Waals surface area contributed by atoms with E-state index in [2.05, 4.69) is 20.9 Å². The molecule has 0 unspecified atom stereocenters. The van der Waals surface area contributed by atoms with Crippen LogP contribution in [0.4, 0.5) is 5.69 Å². The van der Waals surface area contributed by atoms with Crippen LogP contribution in [0.25, 0.3) is 0 Å². The number of methoxy groups -OCH3 is 1. The Balaban J connectivity index is 1.69. The molecule has 0 radical (unpaired) electrons. The third-order valence-electron chi connectivity index (χ3n) is 3.62. The number of carboxylic acid groups (broad SMARTS) is 1. The van der Waals surface area contributed by atoms with Gasteiger partial charge in [-0.2, -0.15) is 0 Å². The monoisotopic (exact) mass is 429 g/mol. The van der Waals surface area contributed by atoms with E-state index in [1.165, 1.54) is 6.07 Å². The molecule has 6 nitrogen and oxygen atoms in total. The van der Waals surface area contributed by atoms with Gasteiger partial charge in [0.15, 0.2) is 11.5 Å². The second kappa shape index (κ2) is 8.55. The highest BCUT2D eigenvalue weighted by molar-refractivity contribution is 9.10. The van der Waals surface area contributed by atoms with E-state index in [9.17, 15) is 4.79 Å². The van der Waals surface area contributed by atoms with Crippen LogP contribution in [-0.2, 0) is 6.61 Å². The number of halogens is 1. The molecule has 3 aromatic rings. The van der Waals surface area contributed by atoms with Crippen molar-refractivity contribution in [2.24, 2.45) is 4.99 Å². The number of ether oxygens (including phenoxy) is 2. The van der Waals surface area contributed by atoms with E-state index in [1.807, 2.05) is 36.4 Å². The zero-order valence-electron chi connectivity index (χ0n) is 14.4. The molecule has 0 amide bonds. The van der Waals surface area contributed by atoms with Gasteiger partial charge >= 0.3 is 5.97 Å². The Morgan fingerprint density at radius 3 is 2.59 bits per heavy atom. The van der Waals surface area contributed by atoms with Crippen molar-refractivity contribution in [3.05, 3.63) is 76.2 Å². The molecule has 0 spiro atoms. The minimum absolute atomic E-state index is 0.0932. The van der Waals surface area contributed by atoms with E-state index in [-0.39, 0.29) is 12.4 Å². The van der Waals surface area contributed by atoms with E-state index in [0.717, 1.165) is 15.7 Å². The summed E-state index contributed by atoms with van der Waals surface area (Å²) in [6, 6.07) is 16.0. The molecule has 0 fully saturated rings. The number of benzene rings is 2. The molecule has 0 aliphatic rings. The Hall–Kier alpha value is -3.06. The van der Waals surface area contributed by atoms with Crippen molar-refractivity contribution >= 4 is 33.8 Å². The molecule has 0 saturated carbocycles. The molecular weight excluding hydrogens is 414 g/mol. The summed E-state index contributed by atoms with van der Waals surface area (Å²) in [5, 5.41) is 8.87. The highest BCUT2D eigenvalue weighted by atomic mass is 79.9. The lowest BCUT2D eigenvalue weighted by Crippen LogP contribution is -1.98. The van der Waals surface area contributed by atoms with Crippen LogP contribution in [0.1, 0.15) is 21.9 Å². The normalized spacial score (nSPS) is 10.9. The lowest BCUT2D eigenvalue weighted by Gasteiger charge is -2.10. The van der Waals surface area contributed by atoms with Crippen molar-refractivity contribution in [2.75, 3.05) is 7.11 Å². The smallest absolute Gasteiger partial charge is 0.371 e. The molecule has 138 valence electrons. The van der Waals surface area contributed by atoms with Gasteiger partial charge in [0, 0.05) is 10.7 Å². The number of furan rings is 1. The fourth-order valence-corrected chi connectivity index (χ4v) is 2.54. The quantitative estimate of drug-likeness (QED) is 0.529. The zero-order valence-corrected chi connectivity index (χ0v) is 16.0. The van der Waals surface area contributed by atoms with E-state index in [1.54, 1.807) is 25.5 Å². The van der Waals surface area contributed by atoms with Crippen molar-refractivity contribution in [1.82, 2.24) is 0 Å². The van der Waals surface area contributed by atoms with Crippen molar-refractivity contribution in [1.29, 1.82) is 0 Å². The summed E-state index contributed by atoms with van der Waals surface area (Å²) in [5.74, 6) is 0.231. The Labute approximate surface area is 164 Å². The second-order valence-electron chi connectivity index (χ2n) is 5.50. The molecule has 7 heteroatoms. The van der Waals surface area contributed by atoms with Crippen LogP contribution in [0.15, 0.2) is 68.5 Å². The number of hydrogen-bond acceptors (Lipinski definition) is 5. The molecule has 27 heavy (non-hydrogen) atoms. The summed E-state index contributed by atoms with van der Waals surface area (Å²) >= 11 is 3.39. The van der Waals surface area contributed by atoms with Crippen LogP contribution in [0.3, 0.4) is 0 Å². The van der Waals surface area contributed by atoms with E-state index >= 15 is 0 Å². The molecule has 3 rings (SSSR count). The average molecular weight is 430 g/mol. The summed E-state index contributed by atoms with van der Waals surface area (Å²) < 4.78 is 17.2. The largest absolute Gasteiger partial charge is 0.493 e. The molecule has 0 saturated heterocycles. The van der Waals surface area contributed by atoms with Gasteiger partial charge in [-0.3, -0.25) is 4.99 Å². The molecule has 1 N–H and O–H groups in total. The minimum atomic E-state index is -1.12. The number of carboxylic acids is 1. The van der Waals surface area contributed by atoms with Crippen LogP contribution in [0.5, 0.6) is 11.5 Å². The topological polar surface area (TPSA) is 81.3 Å². The lowest BCUT2D eigenvalue weighted by atomic mass is 10.2. The summed E-state index contributed by atoms with van der Waals surface area (Å²) in [6.07, 6.45) is 1.74. The first-order valence-corrected chi connectivity index (χ1v) is 8.77. The standard InChI is InChI=1S/C20H16BrNO5/c1-25-19-10-13(11-22-15-5-3-14(21)4-6-15)2-8-17(19)26-12-16-7-9-18(27-16)20(23)24/h2-11H,12H2,1H3,(H,23,24). The van der Waals surface area contributed by atoms with Gasteiger partial charge in [-0.05, 0) is 60.2 Å². The SMILES string of the molecule is COc1cc(C=Nc2ccc(Br)cc2)ccc1OCc1ccc(C(=O)O)o1. The van der Waals surface area contributed by atoms with Crippen LogP contribution >= 0.6 is 15.9 Å². The van der Waals surface area contributed by atoms with Crippen LogP contribution in [-0.4, -0.2) is 24.4 Å². The van der Waals surface area contributed by atoms with Gasteiger partial charge in [-0.15, -0.1) is 0 Å². The first-order chi connectivity index (χ1) is 13.0. The number of nitrogens with zero attached hydrogens (tertiary/aromatic N) is 1. The molecule has 0 bridgehead atoms. The van der Waals surface area contributed by atoms with Crippen LogP contribution in [0, 0.1) is 0 Å². The summed E-state index contributed by atoms with van der Waals surface area (Å²) in [4.78, 5) is 15.3. The third-order valence-corrected chi connectivity index (χ3v) is 4.15. The van der Waals surface area contributed by atoms with E-state index in [4.69, 9.17) is 19.0 Å². The van der Waals surface area contributed by atoms with Gasteiger partial charge in [-0.1, -0.05) is 15.9 Å². The first-order valence-electron chi connectivity index (χ1n) is 7.97. The summed E-state index contributed by atoms with van der Waals surface area (Å²) in [5.41, 5.74) is 1.69. The average Bonchev–Trinajstić information content (AvgIpc) is 3.15. The van der Waals surface area contributed by atoms with Crippen molar-refractivity contribution < 1.29 is 23.8 Å². The molecule has 2 aromatic carbocycles. The number of hydrogen-bond donors (Lipinski definition) is 1.